The smallest absolute Gasteiger partial charge is 0.227 e. The average Bonchev–Trinajstić information content (AvgIpc) is 2.49. The summed E-state index contributed by atoms with van der Waals surface area (Å²) in [5.74, 6) is 0.182. The Morgan fingerprint density at radius 2 is 1.83 bits per heavy atom. The van der Waals surface area contributed by atoms with Crippen molar-refractivity contribution in [2.24, 2.45) is 11.3 Å². The number of benzene rings is 1. The molecule has 1 saturated heterocycles. The molecule has 0 unspecified atom stereocenters. The van der Waals surface area contributed by atoms with Crippen molar-refractivity contribution in [1.29, 1.82) is 0 Å². The van der Waals surface area contributed by atoms with Gasteiger partial charge in [0.1, 0.15) is 0 Å². The van der Waals surface area contributed by atoms with Crippen molar-refractivity contribution in [3.63, 3.8) is 0 Å². The molecule has 1 aliphatic rings. The maximum atomic E-state index is 12.4. The van der Waals surface area contributed by atoms with Gasteiger partial charge in [0.15, 0.2) is 0 Å². The number of rotatable bonds is 2. The molecule has 1 aromatic carbocycles. The molecule has 4 nitrogen and oxygen atoms in total. The molecule has 23 heavy (non-hydrogen) atoms. The lowest BCUT2D eigenvalue weighted by atomic mass is 9.90. The minimum Gasteiger partial charge on any atom is -0.342 e. The van der Waals surface area contributed by atoms with E-state index in [1.807, 2.05) is 50.8 Å². The zero-order valence-electron chi connectivity index (χ0n) is 14.3. The first-order valence-corrected chi connectivity index (χ1v) is 8.84. The SMILES string of the molecule is Cc1ccc(NC(=O)C2CCN(C(=O)C(C)(C)C)CC2)cc1Br. The first kappa shape index (κ1) is 18.0. The highest BCUT2D eigenvalue weighted by Gasteiger charge is 2.32. The third kappa shape index (κ3) is 4.56. The van der Waals surface area contributed by atoms with E-state index in [0.29, 0.717) is 13.1 Å². The maximum Gasteiger partial charge on any atom is 0.227 e. The number of halogens is 1. The lowest BCUT2D eigenvalue weighted by molar-refractivity contribution is -0.142. The fourth-order valence-corrected chi connectivity index (χ4v) is 3.11. The minimum absolute atomic E-state index is 0.0286. The number of piperidine rings is 1. The van der Waals surface area contributed by atoms with Gasteiger partial charge in [-0.05, 0) is 37.5 Å². The van der Waals surface area contributed by atoms with Gasteiger partial charge in [0.05, 0.1) is 0 Å². The summed E-state index contributed by atoms with van der Waals surface area (Å²) in [5, 5.41) is 2.98. The number of anilines is 1. The quantitative estimate of drug-likeness (QED) is 0.843. The number of aryl methyl sites for hydroxylation is 1. The molecule has 0 aromatic heterocycles. The highest BCUT2D eigenvalue weighted by molar-refractivity contribution is 9.10. The highest BCUT2D eigenvalue weighted by Crippen LogP contribution is 2.25. The third-order valence-electron chi connectivity index (χ3n) is 4.23. The molecule has 0 aliphatic carbocycles. The topological polar surface area (TPSA) is 49.4 Å². The van der Waals surface area contributed by atoms with Gasteiger partial charge in [0.2, 0.25) is 11.8 Å². The molecule has 5 heteroatoms. The average molecular weight is 381 g/mol. The largest absolute Gasteiger partial charge is 0.342 e. The van der Waals surface area contributed by atoms with E-state index < -0.39 is 0 Å². The van der Waals surface area contributed by atoms with Crippen LogP contribution in [-0.4, -0.2) is 29.8 Å². The number of carbonyl (C=O) groups excluding carboxylic acids is 2. The molecule has 126 valence electrons. The zero-order chi connectivity index (χ0) is 17.2. The summed E-state index contributed by atoms with van der Waals surface area (Å²) < 4.78 is 0.987. The van der Waals surface area contributed by atoms with Gasteiger partial charge in [-0.25, -0.2) is 0 Å². The number of nitrogens with one attached hydrogen (secondary N) is 1. The minimum atomic E-state index is -0.358. The molecule has 0 spiro atoms. The molecule has 1 N–H and O–H groups in total. The van der Waals surface area contributed by atoms with Gasteiger partial charge in [-0.1, -0.05) is 42.8 Å². The Morgan fingerprint density at radius 1 is 1.22 bits per heavy atom. The Bertz CT molecular complexity index is 600. The summed E-state index contributed by atoms with van der Waals surface area (Å²) in [5.41, 5.74) is 1.58. The molecular formula is C18H25BrN2O2. The Balaban J connectivity index is 1.91. The third-order valence-corrected chi connectivity index (χ3v) is 5.09. The summed E-state index contributed by atoms with van der Waals surface area (Å²) in [6, 6.07) is 5.81. The van der Waals surface area contributed by atoms with Crippen LogP contribution in [-0.2, 0) is 9.59 Å². The van der Waals surface area contributed by atoms with Crippen LogP contribution < -0.4 is 5.32 Å². The van der Waals surface area contributed by atoms with Crippen LogP contribution in [0.25, 0.3) is 0 Å². The fraction of sp³-hybridized carbons (Fsp3) is 0.556. The van der Waals surface area contributed by atoms with Crippen LogP contribution in [0.4, 0.5) is 5.69 Å². The first-order valence-electron chi connectivity index (χ1n) is 8.05. The van der Waals surface area contributed by atoms with Crippen molar-refractivity contribution in [2.75, 3.05) is 18.4 Å². The fourth-order valence-electron chi connectivity index (χ4n) is 2.73. The van der Waals surface area contributed by atoms with Crippen molar-refractivity contribution in [3.8, 4) is 0 Å². The van der Waals surface area contributed by atoms with Crippen LogP contribution >= 0.6 is 15.9 Å². The Hall–Kier alpha value is -1.36. The van der Waals surface area contributed by atoms with E-state index in [-0.39, 0.29) is 23.1 Å². The monoisotopic (exact) mass is 380 g/mol. The van der Waals surface area contributed by atoms with Crippen LogP contribution in [0.2, 0.25) is 0 Å². The zero-order valence-corrected chi connectivity index (χ0v) is 15.9. The second kappa shape index (κ2) is 7.04. The summed E-state index contributed by atoms with van der Waals surface area (Å²) in [4.78, 5) is 26.6. The molecule has 0 saturated carbocycles. The summed E-state index contributed by atoms with van der Waals surface area (Å²) in [7, 11) is 0. The van der Waals surface area contributed by atoms with Gasteiger partial charge in [0, 0.05) is 34.6 Å². The molecule has 1 aliphatic heterocycles. The van der Waals surface area contributed by atoms with Gasteiger partial charge in [0.25, 0.3) is 0 Å². The van der Waals surface area contributed by atoms with Gasteiger partial charge in [-0.3, -0.25) is 9.59 Å². The van der Waals surface area contributed by atoms with Crippen LogP contribution in [0.3, 0.4) is 0 Å². The van der Waals surface area contributed by atoms with Crippen LogP contribution in [0.15, 0.2) is 22.7 Å². The van der Waals surface area contributed by atoms with Crippen molar-refractivity contribution >= 4 is 33.4 Å². The maximum absolute atomic E-state index is 12.4. The van der Waals surface area contributed by atoms with Gasteiger partial charge in [-0.2, -0.15) is 0 Å². The van der Waals surface area contributed by atoms with E-state index in [1.54, 1.807) is 0 Å². The van der Waals surface area contributed by atoms with E-state index in [2.05, 4.69) is 21.2 Å². The summed E-state index contributed by atoms with van der Waals surface area (Å²) >= 11 is 3.48. The molecule has 1 aromatic rings. The molecule has 0 radical (unpaired) electrons. The Morgan fingerprint density at radius 3 is 2.35 bits per heavy atom. The number of hydrogen-bond donors (Lipinski definition) is 1. The highest BCUT2D eigenvalue weighted by atomic mass is 79.9. The molecule has 0 bridgehead atoms. The van der Waals surface area contributed by atoms with Crippen LogP contribution in [0, 0.1) is 18.3 Å². The standard InChI is InChI=1S/C18H25BrN2O2/c1-12-5-6-14(11-15(12)19)20-16(22)13-7-9-21(10-8-13)17(23)18(2,3)4/h5-6,11,13H,7-10H2,1-4H3,(H,20,22). The molecule has 2 amide bonds. The number of likely N-dealkylation sites (tertiary alicyclic amines) is 1. The van der Waals surface area contributed by atoms with E-state index in [4.69, 9.17) is 0 Å². The Labute approximate surface area is 146 Å². The van der Waals surface area contributed by atoms with Crippen LogP contribution in [0.1, 0.15) is 39.2 Å². The Kier molecular flexibility index (Phi) is 5.50. The number of carbonyl (C=O) groups is 2. The van der Waals surface area contributed by atoms with Crippen molar-refractivity contribution in [2.45, 2.75) is 40.5 Å². The van der Waals surface area contributed by atoms with E-state index >= 15 is 0 Å². The second-order valence-corrected chi connectivity index (χ2v) is 8.12. The normalized spacial score (nSPS) is 16.3. The number of hydrogen-bond acceptors (Lipinski definition) is 2. The van der Waals surface area contributed by atoms with Crippen LogP contribution in [0.5, 0.6) is 0 Å². The van der Waals surface area contributed by atoms with E-state index in [0.717, 1.165) is 28.6 Å². The van der Waals surface area contributed by atoms with Crippen molar-refractivity contribution in [1.82, 2.24) is 4.90 Å². The van der Waals surface area contributed by atoms with E-state index in [9.17, 15) is 9.59 Å². The predicted molar refractivity (Wildman–Crippen MR) is 96.3 cm³/mol. The predicted octanol–water partition coefficient (Wildman–Crippen LogP) is 3.98. The van der Waals surface area contributed by atoms with Crippen molar-refractivity contribution in [3.05, 3.63) is 28.2 Å². The molecule has 2 rings (SSSR count). The van der Waals surface area contributed by atoms with Gasteiger partial charge >= 0.3 is 0 Å². The molecule has 0 atom stereocenters. The van der Waals surface area contributed by atoms with Gasteiger partial charge in [-0.15, -0.1) is 0 Å². The number of nitrogens with zero attached hydrogens (tertiary/aromatic N) is 1. The summed E-state index contributed by atoms with van der Waals surface area (Å²) in [6.07, 6.45) is 1.45. The molecular weight excluding hydrogens is 356 g/mol. The molecule has 1 fully saturated rings. The van der Waals surface area contributed by atoms with Crippen molar-refractivity contribution < 1.29 is 9.59 Å². The lowest BCUT2D eigenvalue weighted by Gasteiger charge is -2.35. The van der Waals surface area contributed by atoms with Gasteiger partial charge < -0.3 is 10.2 Å². The number of amides is 2. The first-order chi connectivity index (χ1) is 10.7. The molecule has 1 heterocycles. The summed E-state index contributed by atoms with van der Waals surface area (Å²) in [6.45, 7) is 9.13. The second-order valence-electron chi connectivity index (χ2n) is 7.27. The lowest BCUT2D eigenvalue weighted by Crippen LogP contribution is -2.45. The van der Waals surface area contributed by atoms with E-state index in [1.165, 1.54) is 0 Å².